The van der Waals surface area contributed by atoms with Gasteiger partial charge in [-0.05, 0) is 64.2 Å². The van der Waals surface area contributed by atoms with E-state index in [0.29, 0.717) is 0 Å². The molecule has 3 aromatic rings. The van der Waals surface area contributed by atoms with Gasteiger partial charge >= 0.3 is 25.7 Å². The van der Waals surface area contributed by atoms with Gasteiger partial charge in [-0.1, -0.05) is 68.2 Å². The standard InChI is InChI=1S/C18H21B2N2Si.5C4H8O.Li/c1-23(2,3)14-12-21-19-15-8-4-5-9-16(15)20(22(21)13-14)18-11-7-6-10-17(18)19;5*1-2-4-5-3-1;/h4-13,19-20H,1-3H3;5*1-4H2;/q-1;;;;;;+1. The van der Waals surface area contributed by atoms with Gasteiger partial charge in [0.05, 0.1) is 8.07 Å². The first-order valence-electron chi connectivity index (χ1n) is 19.1. The molecule has 2 aromatic carbocycles. The van der Waals surface area contributed by atoms with E-state index < -0.39 is 21.8 Å². The number of nitrogens with zero attached hydrogens (tertiary/aromatic N) is 2. The molecule has 9 heterocycles. The maximum absolute atomic E-state index is 4.94. The van der Waals surface area contributed by atoms with E-state index in [1.54, 1.807) is 27.0 Å². The summed E-state index contributed by atoms with van der Waals surface area (Å²) >= 11 is 0. The molecule has 0 amide bonds. The van der Waals surface area contributed by atoms with Crippen LogP contribution in [0.15, 0.2) is 60.9 Å². The molecule has 0 N–H and O–H groups in total. The third-order valence-corrected chi connectivity index (χ3v) is 12.2. The zero-order chi connectivity index (χ0) is 33.4. The number of rotatable bonds is 1. The predicted octanol–water partition coefficient (Wildman–Crippen LogP) is -0.292. The van der Waals surface area contributed by atoms with Crippen LogP contribution in [-0.2, 0) is 23.7 Å². The van der Waals surface area contributed by atoms with Crippen LogP contribution in [-0.4, -0.2) is 92.4 Å². The molecule has 11 rings (SSSR count). The molecule has 49 heavy (non-hydrogen) atoms. The molecule has 2 bridgehead atoms. The van der Waals surface area contributed by atoms with Crippen LogP contribution in [0.25, 0.3) is 0 Å². The fourth-order valence-corrected chi connectivity index (χ4v) is 8.59. The van der Waals surface area contributed by atoms with Crippen molar-refractivity contribution >= 4 is 48.8 Å². The molecule has 0 aliphatic carbocycles. The zero-order valence-electron chi connectivity index (χ0n) is 31.3. The van der Waals surface area contributed by atoms with E-state index in [9.17, 15) is 0 Å². The molecule has 5 fully saturated rings. The van der Waals surface area contributed by atoms with E-state index in [1.807, 2.05) is 0 Å². The fourth-order valence-electron chi connectivity index (χ4n) is 7.52. The molecule has 264 valence electrons. The van der Waals surface area contributed by atoms with Crippen molar-refractivity contribution in [1.82, 2.24) is 4.59 Å². The van der Waals surface area contributed by atoms with Gasteiger partial charge in [0.15, 0.2) is 6.85 Å². The summed E-state index contributed by atoms with van der Waals surface area (Å²) in [5.41, 5.74) is 6.35. The second-order valence-corrected chi connectivity index (χ2v) is 20.0. The van der Waals surface area contributed by atoms with Gasteiger partial charge in [0.25, 0.3) is 0 Å². The van der Waals surface area contributed by atoms with Crippen molar-refractivity contribution in [2.75, 3.05) is 66.1 Å². The molecule has 1 aromatic heterocycles. The Labute approximate surface area is 310 Å². The van der Waals surface area contributed by atoms with Gasteiger partial charge in [-0.3, -0.25) is 0 Å². The number of hydrogen-bond acceptors (Lipinski definition) is 5. The van der Waals surface area contributed by atoms with Crippen molar-refractivity contribution in [3.63, 3.8) is 0 Å². The Balaban J connectivity index is 0.000000167. The Morgan fingerprint density at radius 1 is 0.510 bits per heavy atom. The van der Waals surface area contributed by atoms with E-state index in [4.69, 9.17) is 23.7 Å². The summed E-state index contributed by atoms with van der Waals surface area (Å²) in [5.74, 6) is 0. The van der Waals surface area contributed by atoms with Gasteiger partial charge in [0.1, 0.15) is 6.20 Å². The van der Waals surface area contributed by atoms with Gasteiger partial charge in [-0.2, -0.15) is 10.9 Å². The quantitative estimate of drug-likeness (QED) is 0.228. The second kappa shape index (κ2) is 21.7. The van der Waals surface area contributed by atoms with Crippen molar-refractivity contribution in [3.05, 3.63) is 60.9 Å². The molecular formula is C38H61B2LiN2O5Si. The fraction of sp³-hybridized carbons (Fsp3) is 0.605. The first kappa shape index (κ1) is 40.2. The minimum atomic E-state index is -1.30. The zero-order valence-corrected chi connectivity index (χ0v) is 32.3. The van der Waals surface area contributed by atoms with Gasteiger partial charge in [-0.25, -0.2) is 10.9 Å². The van der Waals surface area contributed by atoms with Gasteiger partial charge in [0.2, 0.25) is 0 Å². The van der Waals surface area contributed by atoms with E-state index in [1.165, 1.54) is 64.2 Å². The van der Waals surface area contributed by atoms with Crippen LogP contribution in [0.1, 0.15) is 64.2 Å². The maximum atomic E-state index is 4.94. The van der Waals surface area contributed by atoms with Crippen LogP contribution < -0.4 is 50.5 Å². The normalized spacial score (nSPS) is 22.0. The molecule has 0 saturated carbocycles. The van der Waals surface area contributed by atoms with E-state index in [2.05, 4.69) is 89.8 Å². The summed E-state index contributed by atoms with van der Waals surface area (Å²) in [6.07, 6.45) is 17.7. The smallest absolute Gasteiger partial charge is 0.381 e. The van der Waals surface area contributed by atoms with Crippen molar-refractivity contribution in [2.45, 2.75) is 83.8 Å². The number of benzene rings is 2. The second-order valence-electron chi connectivity index (χ2n) is 15.0. The van der Waals surface area contributed by atoms with Crippen molar-refractivity contribution in [1.29, 1.82) is 0 Å². The van der Waals surface area contributed by atoms with Crippen LogP contribution in [0.5, 0.6) is 0 Å². The molecule has 0 atom stereocenters. The van der Waals surface area contributed by atoms with E-state index in [-0.39, 0.29) is 18.9 Å². The Morgan fingerprint density at radius 3 is 1.08 bits per heavy atom. The van der Waals surface area contributed by atoms with Crippen LogP contribution in [0.3, 0.4) is 0 Å². The van der Waals surface area contributed by atoms with Gasteiger partial charge < -0.3 is 32.9 Å². The Morgan fingerprint density at radius 2 is 0.816 bits per heavy atom. The molecule has 8 aliphatic rings. The largest absolute Gasteiger partial charge is 1.00 e. The minimum absolute atomic E-state index is 0. The summed E-state index contributed by atoms with van der Waals surface area (Å²) in [4.78, 5) is 0. The summed E-state index contributed by atoms with van der Waals surface area (Å²) in [7, 11) is -1.30. The van der Waals surface area contributed by atoms with Gasteiger partial charge in [0, 0.05) is 77.5 Å². The maximum Gasteiger partial charge on any atom is 1.00 e. The van der Waals surface area contributed by atoms with Crippen molar-refractivity contribution in [3.8, 4) is 0 Å². The van der Waals surface area contributed by atoms with Gasteiger partial charge in [-0.15, -0.1) is 0 Å². The molecule has 0 radical (unpaired) electrons. The third-order valence-electron chi connectivity index (χ3n) is 10.2. The van der Waals surface area contributed by atoms with Crippen molar-refractivity contribution in [2.24, 2.45) is 0 Å². The predicted molar refractivity (Wildman–Crippen MR) is 204 cm³/mol. The Kier molecular flexibility index (Phi) is 17.8. The number of ether oxygens (including phenoxy) is 5. The topological polar surface area (TPSA) is 55.0 Å². The molecule has 7 nitrogen and oxygen atoms in total. The SMILES string of the molecule is C1CCOC1.C1CCOC1.C1CCOC1.C1CCOC1.C1CCOC1.C[Si](C)(C)c1cn2[n+](c1)[BH-]1c3ccccc3[BH-]2c2ccccc21.[Li+]. The third kappa shape index (κ3) is 12.0. The van der Waals surface area contributed by atoms with Crippen LogP contribution in [0.2, 0.25) is 19.6 Å². The first-order chi connectivity index (χ1) is 23.6. The Bertz CT molecular complexity index is 1140. The van der Waals surface area contributed by atoms with E-state index in [0.717, 1.165) is 66.1 Å². The van der Waals surface area contributed by atoms with Crippen LogP contribution in [0.4, 0.5) is 0 Å². The molecule has 11 heteroatoms. The summed E-state index contributed by atoms with van der Waals surface area (Å²) < 4.78 is 29.9. The summed E-state index contributed by atoms with van der Waals surface area (Å²) in [6.45, 7) is 16.0. The van der Waals surface area contributed by atoms with Crippen LogP contribution in [0, 0.1) is 0 Å². The molecule has 0 unspecified atom stereocenters. The van der Waals surface area contributed by atoms with Crippen LogP contribution >= 0.6 is 0 Å². The number of aromatic nitrogens is 2. The molecular weight excluding hydrogens is 621 g/mol. The average molecular weight is 683 g/mol. The monoisotopic (exact) mass is 682 g/mol. The first-order valence-corrected chi connectivity index (χ1v) is 22.6. The Hall–Kier alpha value is -1.61. The summed E-state index contributed by atoms with van der Waals surface area (Å²) in [5, 5.41) is 1.58. The summed E-state index contributed by atoms with van der Waals surface area (Å²) in [6, 6.07) is 18.3. The minimum Gasteiger partial charge on any atom is -0.381 e. The average Bonchev–Trinajstić information content (AvgIpc) is 3.99. The molecule has 8 aliphatic heterocycles. The van der Waals surface area contributed by atoms with E-state index >= 15 is 0 Å². The molecule has 5 saturated heterocycles. The number of hydrogen-bond donors (Lipinski definition) is 0. The van der Waals surface area contributed by atoms with Crippen molar-refractivity contribution < 1.29 is 47.1 Å². The molecule has 0 spiro atoms.